The molecule has 5 heteroatoms. The van der Waals surface area contributed by atoms with Crippen molar-refractivity contribution in [1.82, 2.24) is 0 Å². The number of phenolic OH excluding ortho intramolecular Hbond substituents is 1. The van der Waals surface area contributed by atoms with E-state index in [4.69, 9.17) is 29.0 Å². The fourth-order valence-electron chi connectivity index (χ4n) is 0.676. The van der Waals surface area contributed by atoms with Crippen LogP contribution in [0.25, 0.3) is 0 Å². The Labute approximate surface area is 73.7 Å². The fourth-order valence-corrected chi connectivity index (χ4v) is 1.17. The van der Waals surface area contributed by atoms with Crippen LogP contribution in [0.15, 0.2) is 12.1 Å². The molecule has 0 aliphatic heterocycles. The Hall–Kier alpha value is -0.640. The summed E-state index contributed by atoms with van der Waals surface area (Å²) in [4.78, 5) is 0. The lowest BCUT2D eigenvalue weighted by molar-refractivity contribution is 0.477. The second kappa shape index (κ2) is 3.17. The molecule has 0 fully saturated rings. The van der Waals surface area contributed by atoms with Crippen molar-refractivity contribution in [2.75, 3.05) is 5.43 Å². The number of nitrogen functional groups attached to an aromatic ring is 1. The second-order valence-corrected chi connectivity index (χ2v) is 2.77. The van der Waals surface area contributed by atoms with E-state index in [1.807, 2.05) is 0 Å². The van der Waals surface area contributed by atoms with E-state index in [9.17, 15) is 5.11 Å². The Balaban J connectivity index is 3.24. The number of nitrogens with one attached hydrogen (secondary N) is 1. The highest BCUT2D eigenvalue weighted by molar-refractivity contribution is 6.36. The molecule has 0 radical (unpaired) electrons. The first-order valence-electron chi connectivity index (χ1n) is 2.79. The van der Waals surface area contributed by atoms with Gasteiger partial charge in [0.05, 0.1) is 10.7 Å². The molecule has 0 aliphatic rings. The quantitative estimate of drug-likeness (QED) is 0.363. The average molecular weight is 193 g/mol. The molecule has 11 heavy (non-hydrogen) atoms. The van der Waals surface area contributed by atoms with Crippen molar-refractivity contribution >= 4 is 28.9 Å². The van der Waals surface area contributed by atoms with Gasteiger partial charge in [-0.05, 0) is 12.1 Å². The van der Waals surface area contributed by atoms with Gasteiger partial charge in [0.15, 0.2) is 5.75 Å². The zero-order chi connectivity index (χ0) is 8.43. The Bertz CT molecular complexity index is 278. The van der Waals surface area contributed by atoms with Gasteiger partial charge in [-0.15, -0.1) is 0 Å². The molecule has 0 aromatic heterocycles. The van der Waals surface area contributed by atoms with Gasteiger partial charge in [-0.1, -0.05) is 23.2 Å². The minimum absolute atomic E-state index is 0.0985. The van der Waals surface area contributed by atoms with Crippen LogP contribution in [0, 0.1) is 0 Å². The number of halogens is 2. The Morgan fingerprint density at radius 1 is 1.36 bits per heavy atom. The molecule has 1 aromatic rings. The van der Waals surface area contributed by atoms with Crippen LogP contribution in [0.4, 0.5) is 5.69 Å². The molecule has 0 bridgehead atoms. The smallest absolute Gasteiger partial charge is 0.158 e. The normalized spacial score (nSPS) is 9.73. The third-order valence-electron chi connectivity index (χ3n) is 1.18. The van der Waals surface area contributed by atoms with Crippen LogP contribution >= 0.6 is 23.2 Å². The molecule has 0 atom stereocenters. The highest BCUT2D eigenvalue weighted by Gasteiger charge is 2.05. The van der Waals surface area contributed by atoms with Gasteiger partial charge in [0, 0.05) is 5.02 Å². The summed E-state index contributed by atoms with van der Waals surface area (Å²) in [5, 5.41) is 9.78. The number of hydrogen-bond donors (Lipinski definition) is 3. The molecule has 1 rings (SSSR count). The first-order chi connectivity index (χ1) is 5.15. The summed E-state index contributed by atoms with van der Waals surface area (Å²) in [6, 6.07) is 2.90. The zero-order valence-electron chi connectivity index (χ0n) is 5.44. The van der Waals surface area contributed by atoms with Gasteiger partial charge >= 0.3 is 0 Å². The average Bonchev–Trinajstić information content (AvgIpc) is 1.96. The molecule has 0 heterocycles. The topological polar surface area (TPSA) is 58.3 Å². The van der Waals surface area contributed by atoms with E-state index in [0.29, 0.717) is 10.7 Å². The number of benzene rings is 1. The monoisotopic (exact) mass is 192 g/mol. The minimum Gasteiger partial charge on any atom is -0.504 e. The van der Waals surface area contributed by atoms with Gasteiger partial charge in [0.1, 0.15) is 0 Å². The summed E-state index contributed by atoms with van der Waals surface area (Å²) in [6.45, 7) is 0. The Kier molecular flexibility index (Phi) is 2.44. The standard InChI is InChI=1S/C6H6Cl2N2O/c7-3-1-4(8)6(11)5(2-3)10-9/h1-2,10-11H,9H2. The van der Waals surface area contributed by atoms with Gasteiger partial charge in [-0.25, -0.2) is 0 Å². The van der Waals surface area contributed by atoms with E-state index in [0.717, 1.165) is 0 Å². The first-order valence-corrected chi connectivity index (χ1v) is 3.55. The van der Waals surface area contributed by atoms with Crippen LogP contribution in [0.5, 0.6) is 5.75 Å². The second-order valence-electron chi connectivity index (χ2n) is 1.93. The summed E-state index contributed by atoms with van der Waals surface area (Å²) >= 11 is 11.2. The van der Waals surface area contributed by atoms with Gasteiger partial charge in [-0.3, -0.25) is 5.84 Å². The lowest BCUT2D eigenvalue weighted by atomic mass is 10.3. The van der Waals surface area contributed by atoms with Crippen molar-refractivity contribution in [3.8, 4) is 5.75 Å². The maximum atomic E-state index is 9.19. The molecule has 0 spiro atoms. The van der Waals surface area contributed by atoms with E-state index < -0.39 is 0 Å². The molecule has 0 saturated carbocycles. The van der Waals surface area contributed by atoms with Crippen molar-refractivity contribution in [1.29, 1.82) is 0 Å². The van der Waals surface area contributed by atoms with Crippen LogP contribution in [-0.4, -0.2) is 5.11 Å². The predicted octanol–water partition coefficient (Wildman–Crippen LogP) is 1.98. The summed E-state index contributed by atoms with van der Waals surface area (Å²) in [5.41, 5.74) is 2.57. The number of rotatable bonds is 1. The maximum Gasteiger partial charge on any atom is 0.158 e. The number of phenols is 1. The van der Waals surface area contributed by atoms with Crippen molar-refractivity contribution in [2.45, 2.75) is 0 Å². The summed E-state index contributed by atoms with van der Waals surface area (Å²) in [7, 11) is 0. The number of hydrogen-bond acceptors (Lipinski definition) is 3. The highest BCUT2D eigenvalue weighted by atomic mass is 35.5. The minimum atomic E-state index is -0.0985. The van der Waals surface area contributed by atoms with E-state index in [1.54, 1.807) is 0 Å². The largest absolute Gasteiger partial charge is 0.504 e. The molecule has 1 aromatic carbocycles. The highest BCUT2D eigenvalue weighted by Crippen LogP contribution is 2.34. The lowest BCUT2D eigenvalue weighted by Gasteiger charge is -2.04. The number of anilines is 1. The summed E-state index contributed by atoms with van der Waals surface area (Å²) in [6.07, 6.45) is 0. The molecule has 60 valence electrons. The Morgan fingerprint density at radius 3 is 2.55 bits per heavy atom. The molecule has 0 saturated heterocycles. The Morgan fingerprint density at radius 2 is 2.00 bits per heavy atom. The number of nitrogens with two attached hydrogens (primary N) is 1. The molecular weight excluding hydrogens is 187 g/mol. The van der Waals surface area contributed by atoms with Crippen molar-refractivity contribution in [3.63, 3.8) is 0 Å². The molecule has 0 amide bonds. The molecule has 0 aliphatic carbocycles. The van der Waals surface area contributed by atoms with Crippen molar-refractivity contribution < 1.29 is 5.11 Å². The SMILES string of the molecule is NNc1cc(Cl)cc(Cl)c1O. The zero-order valence-corrected chi connectivity index (χ0v) is 6.95. The van der Waals surface area contributed by atoms with E-state index in [1.165, 1.54) is 12.1 Å². The van der Waals surface area contributed by atoms with E-state index >= 15 is 0 Å². The summed E-state index contributed by atoms with van der Waals surface area (Å²) < 4.78 is 0. The molecule has 3 nitrogen and oxygen atoms in total. The van der Waals surface area contributed by atoms with Gasteiger partial charge in [0.25, 0.3) is 0 Å². The predicted molar refractivity (Wildman–Crippen MR) is 45.9 cm³/mol. The van der Waals surface area contributed by atoms with Gasteiger partial charge in [0.2, 0.25) is 0 Å². The fraction of sp³-hybridized carbons (Fsp3) is 0. The van der Waals surface area contributed by atoms with Crippen LogP contribution in [0.3, 0.4) is 0 Å². The van der Waals surface area contributed by atoms with E-state index in [2.05, 4.69) is 5.43 Å². The third-order valence-corrected chi connectivity index (χ3v) is 1.69. The van der Waals surface area contributed by atoms with Crippen molar-refractivity contribution in [2.24, 2.45) is 5.84 Å². The molecular formula is C6H6Cl2N2O. The third kappa shape index (κ3) is 1.68. The maximum absolute atomic E-state index is 9.19. The van der Waals surface area contributed by atoms with Crippen LogP contribution in [0.2, 0.25) is 10.0 Å². The number of hydrazine groups is 1. The van der Waals surface area contributed by atoms with Crippen LogP contribution < -0.4 is 11.3 Å². The summed E-state index contributed by atoms with van der Waals surface area (Å²) in [5.74, 6) is 4.96. The van der Waals surface area contributed by atoms with Crippen molar-refractivity contribution in [3.05, 3.63) is 22.2 Å². The van der Waals surface area contributed by atoms with Crippen LogP contribution in [-0.2, 0) is 0 Å². The van der Waals surface area contributed by atoms with E-state index in [-0.39, 0.29) is 10.8 Å². The number of aromatic hydroxyl groups is 1. The van der Waals surface area contributed by atoms with Gasteiger partial charge in [-0.2, -0.15) is 0 Å². The van der Waals surface area contributed by atoms with Gasteiger partial charge < -0.3 is 10.5 Å². The molecule has 0 unspecified atom stereocenters. The first kappa shape index (κ1) is 8.46. The van der Waals surface area contributed by atoms with Crippen LogP contribution in [0.1, 0.15) is 0 Å². The molecule has 4 N–H and O–H groups in total. The lowest BCUT2D eigenvalue weighted by Crippen LogP contribution is -2.06.